The molecule has 18 heavy (non-hydrogen) atoms. The summed E-state index contributed by atoms with van der Waals surface area (Å²) in [6.45, 7) is 1.35. The molecular weight excluding hydrogens is 228 g/mol. The van der Waals surface area contributed by atoms with E-state index in [1.165, 1.54) is 0 Å². The van der Waals surface area contributed by atoms with E-state index < -0.39 is 0 Å². The molecule has 0 aliphatic carbocycles. The van der Waals surface area contributed by atoms with Crippen LogP contribution in [0.3, 0.4) is 0 Å². The molecule has 1 amide bonds. The van der Waals surface area contributed by atoms with Crippen LogP contribution in [-0.4, -0.2) is 29.2 Å². The molecule has 1 aromatic carbocycles. The summed E-state index contributed by atoms with van der Waals surface area (Å²) in [4.78, 5) is 11.7. The van der Waals surface area contributed by atoms with Crippen LogP contribution in [0.2, 0.25) is 0 Å². The number of benzene rings is 1. The Balaban J connectivity index is 1.91. The van der Waals surface area contributed by atoms with Gasteiger partial charge in [-0.2, -0.15) is 5.10 Å². The lowest BCUT2D eigenvalue weighted by atomic mass is 10.1. The number of hydrogen-bond donors (Lipinski definition) is 3. The van der Waals surface area contributed by atoms with Crippen LogP contribution in [0.4, 0.5) is 0 Å². The number of fused-ring (bicyclic) bond motifs is 1. The molecule has 1 heterocycles. The molecular formula is C13H18N4O. The maximum Gasteiger partial charge on any atom is 0.226 e. The number of nitrogens with two attached hydrogens (primary N) is 1. The number of carbonyl (C=O) groups is 1. The summed E-state index contributed by atoms with van der Waals surface area (Å²) >= 11 is 0. The zero-order chi connectivity index (χ0) is 12.8. The molecule has 0 fully saturated rings. The number of nitrogens with zero attached hydrogens (tertiary/aromatic N) is 1. The first-order valence-corrected chi connectivity index (χ1v) is 6.20. The van der Waals surface area contributed by atoms with Crippen LogP contribution < -0.4 is 11.1 Å². The molecule has 0 aliphatic rings. The van der Waals surface area contributed by atoms with Crippen LogP contribution in [0.5, 0.6) is 0 Å². The number of rotatable bonds is 6. The minimum absolute atomic E-state index is 0.0152. The van der Waals surface area contributed by atoms with Gasteiger partial charge in [0.25, 0.3) is 0 Å². The van der Waals surface area contributed by atoms with Crippen LogP contribution in [0.25, 0.3) is 10.9 Å². The van der Waals surface area contributed by atoms with Crippen molar-refractivity contribution >= 4 is 16.8 Å². The Morgan fingerprint density at radius 3 is 3.00 bits per heavy atom. The Labute approximate surface area is 106 Å². The molecule has 5 heteroatoms. The van der Waals surface area contributed by atoms with Gasteiger partial charge in [0.1, 0.15) is 0 Å². The van der Waals surface area contributed by atoms with Gasteiger partial charge in [0.15, 0.2) is 0 Å². The Morgan fingerprint density at radius 2 is 2.17 bits per heavy atom. The van der Waals surface area contributed by atoms with E-state index in [-0.39, 0.29) is 5.91 Å². The topological polar surface area (TPSA) is 83.8 Å². The highest BCUT2D eigenvalue weighted by Gasteiger charge is 2.08. The highest BCUT2D eigenvalue weighted by molar-refractivity contribution is 5.87. The van der Waals surface area contributed by atoms with Crippen molar-refractivity contribution in [3.05, 3.63) is 30.0 Å². The first-order valence-electron chi connectivity index (χ1n) is 6.20. The lowest BCUT2D eigenvalue weighted by molar-refractivity contribution is -0.120. The third kappa shape index (κ3) is 3.07. The third-order valence-electron chi connectivity index (χ3n) is 2.83. The van der Waals surface area contributed by atoms with E-state index in [0.717, 1.165) is 29.4 Å². The average molecular weight is 246 g/mol. The first kappa shape index (κ1) is 12.6. The Hall–Kier alpha value is -1.88. The lowest BCUT2D eigenvalue weighted by Crippen LogP contribution is -2.26. The number of amides is 1. The highest BCUT2D eigenvalue weighted by atomic mass is 16.1. The second-order valence-electron chi connectivity index (χ2n) is 4.24. The predicted molar refractivity (Wildman–Crippen MR) is 71.1 cm³/mol. The van der Waals surface area contributed by atoms with Crippen molar-refractivity contribution in [2.24, 2.45) is 5.73 Å². The number of H-pyrrole nitrogens is 1. The van der Waals surface area contributed by atoms with E-state index in [2.05, 4.69) is 15.5 Å². The molecule has 0 aliphatic heterocycles. The fourth-order valence-corrected chi connectivity index (χ4v) is 1.87. The molecule has 2 rings (SSSR count). The summed E-state index contributed by atoms with van der Waals surface area (Å²) < 4.78 is 0. The van der Waals surface area contributed by atoms with Gasteiger partial charge in [-0.25, -0.2) is 0 Å². The molecule has 0 radical (unpaired) electrons. The minimum Gasteiger partial charge on any atom is -0.356 e. The van der Waals surface area contributed by atoms with Crippen LogP contribution in [-0.2, 0) is 11.2 Å². The molecule has 96 valence electrons. The first-order chi connectivity index (χ1) is 8.81. The highest BCUT2D eigenvalue weighted by Crippen LogP contribution is 2.15. The summed E-state index contributed by atoms with van der Waals surface area (Å²) in [5.74, 6) is 0.0152. The molecule has 0 saturated heterocycles. The zero-order valence-corrected chi connectivity index (χ0v) is 10.3. The van der Waals surface area contributed by atoms with Gasteiger partial charge in [-0.1, -0.05) is 18.2 Å². The van der Waals surface area contributed by atoms with Crippen molar-refractivity contribution in [3.63, 3.8) is 0 Å². The quantitative estimate of drug-likeness (QED) is 0.664. The molecule has 0 bridgehead atoms. The fraction of sp³-hybridized carbons (Fsp3) is 0.385. The van der Waals surface area contributed by atoms with E-state index in [0.29, 0.717) is 19.5 Å². The predicted octanol–water partition coefficient (Wildman–Crippen LogP) is 0.961. The van der Waals surface area contributed by atoms with Crippen molar-refractivity contribution in [1.82, 2.24) is 15.5 Å². The van der Waals surface area contributed by atoms with Crippen LogP contribution in [0.1, 0.15) is 18.5 Å². The zero-order valence-electron chi connectivity index (χ0n) is 10.3. The number of unbranched alkanes of at least 4 members (excludes halogenated alkanes) is 1. The van der Waals surface area contributed by atoms with Gasteiger partial charge in [-0.05, 0) is 25.5 Å². The molecule has 1 aromatic heterocycles. The van der Waals surface area contributed by atoms with E-state index in [1.807, 2.05) is 24.3 Å². The molecule has 0 saturated carbocycles. The number of para-hydroxylation sites is 1. The Bertz CT molecular complexity index is 520. The SMILES string of the molecule is NCCCCNC(=O)Cc1[nH]nc2ccccc12. The average Bonchev–Trinajstić information content (AvgIpc) is 2.78. The molecule has 0 atom stereocenters. The Morgan fingerprint density at radius 1 is 1.33 bits per heavy atom. The molecule has 5 nitrogen and oxygen atoms in total. The summed E-state index contributed by atoms with van der Waals surface area (Å²) in [6, 6.07) is 7.77. The van der Waals surface area contributed by atoms with Crippen molar-refractivity contribution in [2.45, 2.75) is 19.3 Å². The maximum absolute atomic E-state index is 11.7. The number of nitrogens with one attached hydrogen (secondary N) is 2. The molecule has 4 N–H and O–H groups in total. The normalized spacial score (nSPS) is 10.7. The van der Waals surface area contributed by atoms with Crippen LogP contribution in [0, 0.1) is 0 Å². The molecule has 0 spiro atoms. The monoisotopic (exact) mass is 246 g/mol. The van der Waals surface area contributed by atoms with E-state index in [4.69, 9.17) is 5.73 Å². The fourth-order valence-electron chi connectivity index (χ4n) is 1.87. The second-order valence-corrected chi connectivity index (χ2v) is 4.24. The van der Waals surface area contributed by atoms with Gasteiger partial charge in [0.05, 0.1) is 17.6 Å². The van der Waals surface area contributed by atoms with Gasteiger partial charge in [0, 0.05) is 11.9 Å². The lowest BCUT2D eigenvalue weighted by Gasteiger charge is -2.03. The minimum atomic E-state index is 0.0152. The van der Waals surface area contributed by atoms with Gasteiger partial charge < -0.3 is 11.1 Å². The van der Waals surface area contributed by atoms with Gasteiger partial charge in [-0.3, -0.25) is 9.89 Å². The van der Waals surface area contributed by atoms with Crippen molar-refractivity contribution in [3.8, 4) is 0 Å². The Kier molecular flexibility index (Phi) is 4.30. The number of hydrogen-bond acceptors (Lipinski definition) is 3. The standard InChI is InChI=1S/C13H18N4O/c14-7-3-4-8-15-13(18)9-12-10-5-1-2-6-11(10)16-17-12/h1-2,5-6H,3-4,7-9,14H2,(H,15,18)(H,16,17). The van der Waals surface area contributed by atoms with E-state index in [1.54, 1.807) is 0 Å². The summed E-state index contributed by atoms with van der Waals surface area (Å²) in [5.41, 5.74) is 7.15. The summed E-state index contributed by atoms with van der Waals surface area (Å²) in [5, 5.41) is 11.0. The van der Waals surface area contributed by atoms with Crippen LogP contribution in [0.15, 0.2) is 24.3 Å². The van der Waals surface area contributed by atoms with E-state index in [9.17, 15) is 4.79 Å². The number of aromatic amines is 1. The van der Waals surface area contributed by atoms with Crippen molar-refractivity contribution in [1.29, 1.82) is 0 Å². The number of carbonyl (C=O) groups excluding carboxylic acids is 1. The smallest absolute Gasteiger partial charge is 0.226 e. The van der Waals surface area contributed by atoms with Crippen molar-refractivity contribution < 1.29 is 4.79 Å². The van der Waals surface area contributed by atoms with Gasteiger partial charge in [-0.15, -0.1) is 0 Å². The van der Waals surface area contributed by atoms with Crippen molar-refractivity contribution in [2.75, 3.05) is 13.1 Å². The largest absolute Gasteiger partial charge is 0.356 e. The van der Waals surface area contributed by atoms with Gasteiger partial charge in [0.2, 0.25) is 5.91 Å². The van der Waals surface area contributed by atoms with Gasteiger partial charge >= 0.3 is 0 Å². The summed E-state index contributed by atoms with van der Waals surface area (Å²) in [7, 11) is 0. The van der Waals surface area contributed by atoms with Crippen LogP contribution >= 0.6 is 0 Å². The summed E-state index contributed by atoms with van der Waals surface area (Å²) in [6.07, 6.45) is 2.20. The third-order valence-corrected chi connectivity index (χ3v) is 2.83. The van der Waals surface area contributed by atoms with E-state index >= 15 is 0 Å². The number of aromatic nitrogens is 2. The molecule has 0 unspecified atom stereocenters. The molecule has 2 aromatic rings. The second kappa shape index (κ2) is 6.16. The maximum atomic E-state index is 11.7.